The number of carboxylic acids is 1. The van der Waals surface area contributed by atoms with E-state index >= 15 is 0 Å². The molecule has 4 aromatic rings. The summed E-state index contributed by atoms with van der Waals surface area (Å²) in [5.74, 6) is -3.12. The molecule has 14 nitrogen and oxygen atoms in total. The maximum absolute atomic E-state index is 14.5. The van der Waals surface area contributed by atoms with Crippen LogP contribution in [-0.2, 0) is 26.1 Å². The lowest BCUT2D eigenvalue weighted by Crippen LogP contribution is -2.66. The summed E-state index contributed by atoms with van der Waals surface area (Å²) in [4.78, 5) is 57.2. The summed E-state index contributed by atoms with van der Waals surface area (Å²) in [6.45, 7) is 3.69. The zero-order valence-electron chi connectivity index (χ0n) is 26.9. The molecule has 2 fully saturated rings. The molecule has 2 aliphatic heterocycles. The molecule has 0 unspecified atom stereocenters. The van der Waals surface area contributed by atoms with E-state index in [1.807, 2.05) is 23.9 Å². The summed E-state index contributed by atoms with van der Waals surface area (Å²) in [5, 5.41) is 23.1. The third-order valence-corrected chi connectivity index (χ3v) is 8.50. The highest BCUT2D eigenvalue weighted by atomic mass is 19.4. The minimum atomic E-state index is -4.99. The van der Waals surface area contributed by atoms with Crippen molar-refractivity contribution >= 4 is 29.1 Å². The molecule has 4 aromatic heterocycles. The standard InChI is InChI=1S/C26H23F4N9O.C5H10O2.CO2/c27-20-18(1-7-32-22(20)26(28,29)30)24(40)37-9-3-17(4-10-37)38-13-25(14-38,5-6-31)39-12-16(11-36-39)21-19-2-8-33-23(19)35-15-34-21;1-2-3-4-5(6)7;2-1-3/h1-2,7-8,11-12,15,17H,3-5,9-10,13-14H2,(H,33,34,35);2-4H2,1H3,(H,6,7);. The van der Waals surface area contributed by atoms with E-state index in [1.54, 1.807) is 12.4 Å². The van der Waals surface area contributed by atoms with Gasteiger partial charge in [-0.15, -0.1) is 0 Å². The van der Waals surface area contributed by atoms with Crippen molar-refractivity contribution in [3.8, 4) is 17.3 Å². The maximum Gasteiger partial charge on any atom is 0.436 e. The zero-order valence-corrected chi connectivity index (χ0v) is 26.9. The van der Waals surface area contributed by atoms with Gasteiger partial charge in [-0.1, -0.05) is 13.3 Å². The van der Waals surface area contributed by atoms with Gasteiger partial charge in [0.2, 0.25) is 0 Å². The van der Waals surface area contributed by atoms with Gasteiger partial charge in [-0.05, 0) is 31.4 Å². The van der Waals surface area contributed by atoms with Gasteiger partial charge in [-0.2, -0.15) is 33.1 Å². The van der Waals surface area contributed by atoms with Crippen LogP contribution in [0.2, 0.25) is 0 Å². The van der Waals surface area contributed by atoms with Crippen molar-refractivity contribution in [1.29, 1.82) is 5.26 Å². The second-order valence-electron chi connectivity index (χ2n) is 11.7. The van der Waals surface area contributed by atoms with Crippen LogP contribution in [0.4, 0.5) is 17.6 Å². The molecule has 1 amide bonds. The predicted octanol–water partition coefficient (Wildman–Crippen LogP) is 4.28. The highest BCUT2D eigenvalue weighted by molar-refractivity contribution is 5.94. The first-order valence-electron chi connectivity index (χ1n) is 15.6. The Balaban J connectivity index is 0.000000496. The fourth-order valence-electron chi connectivity index (χ4n) is 6.00. The SMILES string of the molecule is CCCCC(=O)O.N#CCC1(n2cc(-c3ncnc4[nH]ccc34)cn2)CN(C2CCN(C(=O)c3ccnc(C(F)(F)F)c3F)CC2)C1.O=C=O. The second kappa shape index (κ2) is 16.2. The van der Waals surface area contributed by atoms with Gasteiger partial charge in [0.15, 0.2) is 11.5 Å². The molecule has 0 saturated carbocycles. The van der Waals surface area contributed by atoms with Crippen molar-refractivity contribution in [2.45, 2.75) is 63.2 Å². The number of aromatic nitrogens is 6. The number of carbonyl (C=O) groups is 2. The normalized spacial score (nSPS) is 15.8. The van der Waals surface area contributed by atoms with Crippen molar-refractivity contribution in [1.82, 2.24) is 39.5 Å². The number of halogens is 4. The van der Waals surface area contributed by atoms with Crippen LogP contribution in [0.15, 0.2) is 43.2 Å². The number of likely N-dealkylation sites (tertiary alicyclic amines) is 2. The molecular formula is C32H33F4N9O5. The molecule has 50 heavy (non-hydrogen) atoms. The van der Waals surface area contributed by atoms with Crippen LogP contribution in [0, 0.1) is 17.1 Å². The number of hydrogen-bond acceptors (Lipinski definition) is 10. The van der Waals surface area contributed by atoms with Gasteiger partial charge in [-0.3, -0.25) is 19.2 Å². The molecule has 0 radical (unpaired) electrons. The van der Waals surface area contributed by atoms with E-state index in [4.69, 9.17) is 14.7 Å². The highest BCUT2D eigenvalue weighted by Gasteiger charge is 2.48. The van der Waals surface area contributed by atoms with Crippen molar-refractivity contribution in [3.63, 3.8) is 0 Å². The summed E-state index contributed by atoms with van der Waals surface area (Å²) < 4.78 is 55.4. The van der Waals surface area contributed by atoms with E-state index in [0.29, 0.717) is 32.4 Å². The number of aliphatic carboxylic acids is 1. The van der Waals surface area contributed by atoms with E-state index in [2.05, 4.69) is 36.0 Å². The molecular weight excluding hydrogens is 666 g/mol. The van der Waals surface area contributed by atoms with E-state index in [-0.39, 0.29) is 31.7 Å². The molecule has 2 saturated heterocycles. The van der Waals surface area contributed by atoms with Crippen LogP contribution >= 0.6 is 0 Å². The quantitative estimate of drug-likeness (QED) is 0.250. The largest absolute Gasteiger partial charge is 0.481 e. The van der Waals surface area contributed by atoms with Crippen molar-refractivity contribution in [2.24, 2.45) is 0 Å². The Labute approximate surface area is 282 Å². The lowest BCUT2D eigenvalue weighted by molar-refractivity contribution is -0.191. The minimum Gasteiger partial charge on any atom is -0.481 e. The number of nitrogens with zero attached hydrogens (tertiary/aromatic N) is 8. The Kier molecular flexibility index (Phi) is 12.1. The fourth-order valence-corrected chi connectivity index (χ4v) is 6.00. The molecule has 0 aliphatic carbocycles. The molecule has 0 bridgehead atoms. The Morgan fingerprint density at radius 2 is 1.84 bits per heavy atom. The molecule has 0 aromatic carbocycles. The van der Waals surface area contributed by atoms with Crippen molar-refractivity contribution in [3.05, 3.63) is 60.3 Å². The van der Waals surface area contributed by atoms with Crippen LogP contribution < -0.4 is 0 Å². The van der Waals surface area contributed by atoms with E-state index in [9.17, 15) is 32.4 Å². The average Bonchev–Trinajstić information content (AvgIpc) is 3.76. The summed E-state index contributed by atoms with van der Waals surface area (Å²) in [7, 11) is 0. The molecule has 264 valence electrons. The number of alkyl halides is 3. The third kappa shape index (κ3) is 8.36. The molecule has 6 rings (SSSR count). The van der Waals surface area contributed by atoms with Gasteiger partial charge in [0.1, 0.15) is 17.5 Å². The maximum atomic E-state index is 14.5. The first-order chi connectivity index (χ1) is 23.9. The smallest absolute Gasteiger partial charge is 0.436 e. The van der Waals surface area contributed by atoms with Gasteiger partial charge in [0, 0.05) is 68.2 Å². The molecule has 2 N–H and O–H groups in total. The van der Waals surface area contributed by atoms with Crippen LogP contribution in [0.3, 0.4) is 0 Å². The number of amides is 1. The number of nitrogens with one attached hydrogen (secondary N) is 1. The molecule has 2 aliphatic rings. The van der Waals surface area contributed by atoms with Gasteiger partial charge in [-0.25, -0.2) is 19.3 Å². The number of carboxylic acid groups (broad SMARTS) is 1. The Hall–Kier alpha value is -5.53. The number of hydrogen-bond donors (Lipinski definition) is 2. The Morgan fingerprint density at radius 3 is 2.44 bits per heavy atom. The molecule has 6 heterocycles. The summed E-state index contributed by atoms with van der Waals surface area (Å²) in [6, 6.07) is 5.26. The molecule has 0 spiro atoms. The van der Waals surface area contributed by atoms with E-state index < -0.39 is 40.7 Å². The highest BCUT2D eigenvalue weighted by Crippen LogP contribution is 2.37. The summed E-state index contributed by atoms with van der Waals surface area (Å²) in [5.41, 5.74) is -0.568. The van der Waals surface area contributed by atoms with Gasteiger partial charge in [0.25, 0.3) is 5.91 Å². The van der Waals surface area contributed by atoms with Gasteiger partial charge >= 0.3 is 18.3 Å². The number of rotatable bonds is 8. The van der Waals surface area contributed by atoms with Gasteiger partial charge < -0.3 is 15.0 Å². The van der Waals surface area contributed by atoms with Gasteiger partial charge in [0.05, 0.1) is 29.9 Å². The third-order valence-electron chi connectivity index (χ3n) is 8.50. The average molecular weight is 700 g/mol. The molecule has 18 heteroatoms. The van der Waals surface area contributed by atoms with E-state index in [0.717, 1.165) is 47.4 Å². The van der Waals surface area contributed by atoms with Crippen LogP contribution in [0.1, 0.15) is 61.5 Å². The lowest BCUT2D eigenvalue weighted by Gasteiger charge is -2.53. The topological polar surface area (TPSA) is 191 Å². The number of nitriles is 1. The monoisotopic (exact) mass is 699 g/mol. The van der Waals surface area contributed by atoms with Crippen LogP contribution in [0.25, 0.3) is 22.3 Å². The number of aromatic amines is 1. The summed E-state index contributed by atoms with van der Waals surface area (Å²) in [6.07, 6.45) is 6.44. The van der Waals surface area contributed by atoms with Crippen molar-refractivity contribution in [2.75, 3.05) is 26.2 Å². The number of unbranched alkanes of at least 4 members (excludes halogenated alkanes) is 1. The fraction of sp³-hybridized carbons (Fsp3) is 0.438. The van der Waals surface area contributed by atoms with E-state index in [1.165, 1.54) is 11.2 Å². The second-order valence-corrected chi connectivity index (χ2v) is 11.7. The number of fused-ring (bicyclic) bond motifs is 1. The van der Waals surface area contributed by atoms with Crippen LogP contribution in [-0.4, -0.2) is 94.9 Å². The minimum absolute atomic E-state index is 0.111. The number of H-pyrrole nitrogens is 1. The number of pyridine rings is 1. The lowest BCUT2D eigenvalue weighted by atomic mass is 9.83. The predicted molar refractivity (Wildman–Crippen MR) is 165 cm³/mol. The number of piperidine rings is 1. The first-order valence-corrected chi connectivity index (χ1v) is 15.6. The van der Waals surface area contributed by atoms with Crippen LogP contribution in [0.5, 0.6) is 0 Å². The first kappa shape index (κ1) is 37.3. The Bertz CT molecular complexity index is 1870. The summed E-state index contributed by atoms with van der Waals surface area (Å²) >= 11 is 0. The zero-order chi connectivity index (χ0) is 36.5. The number of carbonyl (C=O) groups excluding carboxylic acids is 3. The van der Waals surface area contributed by atoms with Crippen molar-refractivity contribution < 1.29 is 41.8 Å². The Morgan fingerprint density at radius 1 is 1.14 bits per heavy atom. The molecule has 0 atom stereocenters.